The third kappa shape index (κ3) is 2.00. The predicted octanol–water partition coefficient (Wildman–Crippen LogP) is 2.68. The first-order chi connectivity index (χ1) is 10.7. The minimum Gasteiger partial charge on any atom is -0.256 e. The molecule has 5 nitrogen and oxygen atoms in total. The van der Waals surface area contributed by atoms with Crippen molar-refractivity contribution in [1.29, 1.82) is 0 Å². The Hall–Kier alpha value is -2.60. The summed E-state index contributed by atoms with van der Waals surface area (Å²) in [6.07, 6.45) is 5.04. The molecular formula is C16H12N4OS. The summed E-state index contributed by atoms with van der Waals surface area (Å²) in [5.74, 6) is 0. The summed E-state index contributed by atoms with van der Waals surface area (Å²) < 4.78 is 13.4. The van der Waals surface area contributed by atoms with Crippen LogP contribution in [0, 0.1) is 0 Å². The molecule has 108 valence electrons. The number of aromatic nitrogens is 4. The van der Waals surface area contributed by atoms with Crippen LogP contribution in [-0.2, 0) is 10.8 Å². The largest absolute Gasteiger partial charge is 0.256 e. The van der Waals surface area contributed by atoms with Crippen LogP contribution in [0.5, 0.6) is 0 Å². The highest BCUT2D eigenvalue weighted by Gasteiger charge is 2.12. The van der Waals surface area contributed by atoms with Crippen molar-refractivity contribution >= 4 is 27.2 Å². The van der Waals surface area contributed by atoms with Crippen LogP contribution in [0.2, 0.25) is 0 Å². The number of fused-ring (bicyclic) bond motifs is 2. The number of pyridine rings is 1. The molecule has 6 heteroatoms. The Kier molecular flexibility index (Phi) is 2.97. The second-order valence-electron chi connectivity index (χ2n) is 4.93. The SMILES string of the molecule is CS(=O)c1ncc2ccc(-c3cccc4cccnc34)n2n1. The Morgan fingerprint density at radius 3 is 2.77 bits per heavy atom. The van der Waals surface area contributed by atoms with Gasteiger partial charge in [0.15, 0.2) is 0 Å². The highest BCUT2D eigenvalue weighted by atomic mass is 32.2. The summed E-state index contributed by atoms with van der Waals surface area (Å²) in [6.45, 7) is 0. The van der Waals surface area contributed by atoms with Gasteiger partial charge in [-0.1, -0.05) is 24.3 Å². The number of hydrogen-bond acceptors (Lipinski definition) is 4. The molecule has 4 rings (SSSR count). The van der Waals surface area contributed by atoms with Gasteiger partial charge in [-0.25, -0.2) is 9.50 Å². The molecule has 3 heterocycles. The smallest absolute Gasteiger partial charge is 0.237 e. The summed E-state index contributed by atoms with van der Waals surface area (Å²) in [4.78, 5) is 8.61. The number of hydrogen-bond donors (Lipinski definition) is 0. The van der Waals surface area contributed by atoms with E-state index in [4.69, 9.17) is 0 Å². The molecule has 0 saturated heterocycles. The minimum atomic E-state index is -1.22. The van der Waals surface area contributed by atoms with Gasteiger partial charge < -0.3 is 0 Å². The molecule has 1 unspecified atom stereocenters. The van der Waals surface area contributed by atoms with Crippen molar-refractivity contribution in [2.75, 3.05) is 6.26 Å². The topological polar surface area (TPSA) is 60.2 Å². The maximum Gasteiger partial charge on any atom is 0.237 e. The van der Waals surface area contributed by atoms with Crippen LogP contribution in [0.25, 0.3) is 27.7 Å². The van der Waals surface area contributed by atoms with Gasteiger partial charge in [0, 0.05) is 23.4 Å². The van der Waals surface area contributed by atoms with Crippen LogP contribution >= 0.6 is 0 Å². The van der Waals surface area contributed by atoms with Crippen LogP contribution in [-0.4, -0.2) is 30.0 Å². The quantitative estimate of drug-likeness (QED) is 0.571. The second-order valence-corrected chi connectivity index (χ2v) is 6.20. The van der Waals surface area contributed by atoms with E-state index in [9.17, 15) is 4.21 Å². The van der Waals surface area contributed by atoms with Gasteiger partial charge in [-0.05, 0) is 18.2 Å². The van der Waals surface area contributed by atoms with Crippen molar-refractivity contribution in [3.05, 3.63) is 54.9 Å². The van der Waals surface area contributed by atoms with Gasteiger partial charge in [0.05, 0.1) is 33.7 Å². The fourth-order valence-electron chi connectivity index (χ4n) is 2.53. The van der Waals surface area contributed by atoms with Crippen molar-refractivity contribution < 1.29 is 4.21 Å². The number of rotatable bonds is 2. The Labute approximate surface area is 129 Å². The van der Waals surface area contributed by atoms with Gasteiger partial charge in [0.2, 0.25) is 5.16 Å². The van der Waals surface area contributed by atoms with Crippen LogP contribution in [0.3, 0.4) is 0 Å². The van der Waals surface area contributed by atoms with Gasteiger partial charge in [0.25, 0.3) is 0 Å². The number of benzene rings is 1. The minimum absolute atomic E-state index is 0.318. The average Bonchev–Trinajstić information content (AvgIpc) is 2.97. The summed E-state index contributed by atoms with van der Waals surface area (Å²) in [6, 6.07) is 13.9. The molecule has 22 heavy (non-hydrogen) atoms. The fourth-order valence-corrected chi connectivity index (χ4v) is 2.93. The van der Waals surface area contributed by atoms with Crippen LogP contribution < -0.4 is 0 Å². The maximum absolute atomic E-state index is 11.6. The fraction of sp³-hybridized carbons (Fsp3) is 0.0625. The van der Waals surface area contributed by atoms with Gasteiger partial charge in [-0.15, -0.1) is 5.10 Å². The Morgan fingerprint density at radius 1 is 1.05 bits per heavy atom. The third-order valence-corrected chi connectivity index (χ3v) is 4.24. The van der Waals surface area contributed by atoms with Crippen LogP contribution in [0.4, 0.5) is 0 Å². The molecule has 0 fully saturated rings. The monoisotopic (exact) mass is 308 g/mol. The van der Waals surface area contributed by atoms with E-state index in [1.54, 1.807) is 23.2 Å². The first-order valence-electron chi connectivity index (χ1n) is 6.76. The van der Waals surface area contributed by atoms with Crippen LogP contribution in [0.1, 0.15) is 0 Å². The molecule has 0 aliphatic rings. The molecule has 0 amide bonds. The highest BCUT2D eigenvalue weighted by molar-refractivity contribution is 7.84. The molecule has 1 aromatic carbocycles. The zero-order valence-corrected chi connectivity index (χ0v) is 12.6. The molecule has 0 spiro atoms. The first kappa shape index (κ1) is 13.1. The number of nitrogens with zero attached hydrogens (tertiary/aromatic N) is 4. The molecule has 0 bridgehead atoms. The lowest BCUT2D eigenvalue weighted by Crippen LogP contribution is -2.03. The van der Waals surface area contributed by atoms with E-state index in [1.165, 1.54) is 0 Å². The Bertz CT molecular complexity index is 1020. The molecule has 0 saturated carbocycles. The van der Waals surface area contributed by atoms with E-state index in [0.717, 1.165) is 27.7 Å². The standard InChI is InChI=1S/C16H12N4OS/c1-22(21)16-18-10-12-7-8-14(20(12)19-16)13-6-2-4-11-5-3-9-17-15(11)13/h2-10H,1H3. The van der Waals surface area contributed by atoms with Crippen molar-refractivity contribution in [1.82, 2.24) is 19.6 Å². The lowest BCUT2D eigenvalue weighted by Gasteiger charge is -2.06. The molecule has 4 aromatic rings. The summed E-state index contributed by atoms with van der Waals surface area (Å²) in [7, 11) is -1.22. The van der Waals surface area contributed by atoms with Crippen molar-refractivity contribution in [3.8, 4) is 11.3 Å². The zero-order chi connectivity index (χ0) is 15.1. The van der Waals surface area contributed by atoms with Crippen molar-refractivity contribution in [2.45, 2.75) is 5.16 Å². The van der Waals surface area contributed by atoms with Crippen molar-refractivity contribution in [3.63, 3.8) is 0 Å². The molecule has 0 radical (unpaired) electrons. The van der Waals surface area contributed by atoms with E-state index in [-0.39, 0.29) is 0 Å². The zero-order valence-electron chi connectivity index (χ0n) is 11.8. The third-order valence-electron chi connectivity index (χ3n) is 3.54. The molecular weight excluding hydrogens is 296 g/mol. The van der Waals surface area contributed by atoms with Gasteiger partial charge in [-0.3, -0.25) is 9.19 Å². The average molecular weight is 308 g/mol. The van der Waals surface area contributed by atoms with Crippen molar-refractivity contribution in [2.24, 2.45) is 0 Å². The molecule has 0 aliphatic carbocycles. The van der Waals surface area contributed by atoms with E-state index in [1.807, 2.05) is 42.5 Å². The maximum atomic E-state index is 11.6. The second kappa shape index (κ2) is 4.99. The summed E-state index contributed by atoms with van der Waals surface area (Å²) in [5, 5.41) is 5.79. The van der Waals surface area contributed by atoms with Gasteiger partial charge in [0.1, 0.15) is 0 Å². The first-order valence-corrected chi connectivity index (χ1v) is 8.32. The summed E-state index contributed by atoms with van der Waals surface area (Å²) in [5.41, 5.74) is 3.68. The number of para-hydroxylation sites is 1. The van der Waals surface area contributed by atoms with Gasteiger partial charge in [-0.2, -0.15) is 0 Å². The molecule has 0 N–H and O–H groups in total. The van der Waals surface area contributed by atoms with Gasteiger partial charge >= 0.3 is 0 Å². The molecule has 0 aliphatic heterocycles. The lowest BCUT2D eigenvalue weighted by atomic mass is 10.1. The summed E-state index contributed by atoms with van der Waals surface area (Å²) >= 11 is 0. The van der Waals surface area contributed by atoms with E-state index < -0.39 is 10.8 Å². The molecule has 3 aromatic heterocycles. The van der Waals surface area contributed by atoms with Crippen LogP contribution in [0.15, 0.2) is 60.0 Å². The molecule has 1 atom stereocenters. The van der Waals surface area contributed by atoms with E-state index in [2.05, 4.69) is 15.1 Å². The Morgan fingerprint density at radius 2 is 1.91 bits per heavy atom. The predicted molar refractivity (Wildman–Crippen MR) is 86.1 cm³/mol. The van der Waals surface area contributed by atoms with E-state index in [0.29, 0.717) is 5.16 Å². The highest BCUT2D eigenvalue weighted by Crippen LogP contribution is 2.28. The lowest BCUT2D eigenvalue weighted by molar-refractivity contribution is 0.672. The normalized spacial score (nSPS) is 12.8. The van der Waals surface area contributed by atoms with E-state index >= 15 is 0 Å². The Balaban J connectivity index is 2.04.